The van der Waals surface area contributed by atoms with Crippen LogP contribution in [0.25, 0.3) is 0 Å². The van der Waals surface area contributed by atoms with Gasteiger partial charge >= 0.3 is 0 Å². The summed E-state index contributed by atoms with van der Waals surface area (Å²) in [5, 5.41) is 1.35. The van der Waals surface area contributed by atoms with Crippen molar-refractivity contribution in [2.24, 2.45) is 11.8 Å². The van der Waals surface area contributed by atoms with Gasteiger partial charge in [0.25, 0.3) is 5.91 Å². The lowest BCUT2D eigenvalue weighted by molar-refractivity contribution is 0.102. The number of sulfone groups is 1. The number of nitrogens with one attached hydrogen (secondary N) is 2. The molecule has 4 atom stereocenters. The third kappa shape index (κ3) is 5.35. The molecular weight excluding hydrogens is 529 g/mol. The van der Waals surface area contributed by atoms with Gasteiger partial charge in [-0.25, -0.2) is 34.7 Å². The van der Waals surface area contributed by atoms with Crippen molar-refractivity contribution in [3.8, 4) is 0 Å². The maximum absolute atomic E-state index is 13.6. The lowest BCUT2D eigenvalue weighted by Crippen LogP contribution is -2.45. The van der Waals surface area contributed by atoms with Gasteiger partial charge in [-0.05, 0) is 55.7 Å². The third-order valence-electron chi connectivity index (χ3n) is 6.49. The molecular formula is C22H22ClF3N2O5S2. The van der Waals surface area contributed by atoms with Crippen molar-refractivity contribution in [1.82, 2.24) is 4.72 Å². The van der Waals surface area contributed by atoms with E-state index in [2.05, 4.69) is 10.0 Å². The molecule has 4 rings (SSSR count). The van der Waals surface area contributed by atoms with Gasteiger partial charge in [0.2, 0.25) is 10.0 Å². The van der Waals surface area contributed by atoms with E-state index < -0.39 is 48.5 Å². The monoisotopic (exact) mass is 550 g/mol. The molecule has 1 unspecified atom stereocenters. The molecule has 0 radical (unpaired) electrons. The Labute approximate surface area is 206 Å². The summed E-state index contributed by atoms with van der Waals surface area (Å²) < 4.78 is 93.2. The van der Waals surface area contributed by atoms with E-state index in [9.17, 15) is 34.8 Å². The fourth-order valence-electron chi connectivity index (χ4n) is 5.22. The standard InChI is InChI=1S/C22H22ClF3N2O5S2/c1-34(30,31)28-15-6-11-2-3-12(7-15)21(11)35(32,33)19-8-13(4-5-16(19)23)22(29)27-14-9-17(24)20(26)18(25)10-14/h4-5,8-12,15,21,28H,2-3,6-7H2,1H3,(H,27,29)/t11-,12?,15+,21-/m0/s1. The molecule has 0 aromatic heterocycles. The van der Waals surface area contributed by atoms with Crippen LogP contribution in [0, 0.1) is 29.3 Å². The number of anilines is 1. The minimum Gasteiger partial charge on any atom is -0.322 e. The molecule has 2 bridgehead atoms. The number of carbonyl (C=O) groups excluding carboxylic acids is 1. The summed E-state index contributed by atoms with van der Waals surface area (Å²) in [4.78, 5) is 12.4. The maximum Gasteiger partial charge on any atom is 0.255 e. The summed E-state index contributed by atoms with van der Waals surface area (Å²) in [5.41, 5.74) is -0.474. The first-order chi connectivity index (χ1) is 16.3. The normalized spacial score (nSPS) is 24.4. The Hall–Kier alpha value is -2.15. The van der Waals surface area contributed by atoms with Crippen molar-refractivity contribution >= 4 is 43.1 Å². The Morgan fingerprint density at radius 2 is 1.54 bits per heavy atom. The molecule has 2 aliphatic carbocycles. The number of halogens is 4. The summed E-state index contributed by atoms with van der Waals surface area (Å²) in [6, 6.07) is 4.46. The van der Waals surface area contributed by atoms with Crippen molar-refractivity contribution in [3.63, 3.8) is 0 Å². The molecule has 2 saturated carbocycles. The van der Waals surface area contributed by atoms with Crippen LogP contribution in [-0.4, -0.2) is 40.3 Å². The highest BCUT2D eigenvalue weighted by Crippen LogP contribution is 2.48. The number of hydrogen-bond acceptors (Lipinski definition) is 5. The first-order valence-electron chi connectivity index (χ1n) is 10.7. The summed E-state index contributed by atoms with van der Waals surface area (Å²) in [5.74, 6) is -6.09. The zero-order valence-electron chi connectivity index (χ0n) is 18.4. The Bertz CT molecular complexity index is 1360. The molecule has 2 aromatic carbocycles. The smallest absolute Gasteiger partial charge is 0.255 e. The highest BCUT2D eigenvalue weighted by atomic mass is 35.5. The van der Waals surface area contributed by atoms with Crippen LogP contribution in [0.15, 0.2) is 35.2 Å². The number of benzene rings is 2. The molecule has 190 valence electrons. The molecule has 7 nitrogen and oxygen atoms in total. The molecule has 2 aromatic rings. The number of carbonyl (C=O) groups is 1. The largest absolute Gasteiger partial charge is 0.322 e. The van der Waals surface area contributed by atoms with Gasteiger partial charge in [-0.2, -0.15) is 0 Å². The van der Waals surface area contributed by atoms with Crippen LogP contribution in [0.5, 0.6) is 0 Å². The van der Waals surface area contributed by atoms with Crippen LogP contribution in [0.4, 0.5) is 18.9 Å². The second kappa shape index (κ2) is 9.38. The predicted octanol–water partition coefficient (Wildman–Crippen LogP) is 3.89. The van der Waals surface area contributed by atoms with Crippen LogP contribution < -0.4 is 10.0 Å². The molecule has 13 heteroatoms. The van der Waals surface area contributed by atoms with E-state index in [0.717, 1.165) is 12.3 Å². The first-order valence-corrected chi connectivity index (χ1v) is 14.5. The van der Waals surface area contributed by atoms with Crippen molar-refractivity contribution in [2.45, 2.75) is 41.9 Å². The second-order valence-corrected chi connectivity index (χ2v) is 13.3. The molecule has 0 spiro atoms. The molecule has 2 aliphatic rings. The lowest BCUT2D eigenvalue weighted by Gasteiger charge is -2.35. The Morgan fingerprint density at radius 1 is 0.971 bits per heavy atom. The van der Waals surface area contributed by atoms with Gasteiger partial charge in [0.05, 0.1) is 21.4 Å². The molecule has 2 fully saturated rings. The quantitative estimate of drug-likeness (QED) is 0.530. The maximum atomic E-state index is 13.6. The molecule has 0 heterocycles. The van der Waals surface area contributed by atoms with Gasteiger partial charge in [0, 0.05) is 29.4 Å². The fourth-order valence-corrected chi connectivity index (χ4v) is 8.89. The van der Waals surface area contributed by atoms with E-state index in [1.807, 2.05) is 0 Å². The minimum absolute atomic E-state index is 0.0868. The predicted molar refractivity (Wildman–Crippen MR) is 124 cm³/mol. The van der Waals surface area contributed by atoms with Crippen LogP contribution >= 0.6 is 11.6 Å². The molecule has 0 aliphatic heterocycles. The van der Waals surface area contributed by atoms with E-state index in [1.54, 1.807) is 0 Å². The van der Waals surface area contributed by atoms with E-state index in [1.165, 1.54) is 12.1 Å². The Balaban J connectivity index is 1.59. The summed E-state index contributed by atoms with van der Waals surface area (Å²) in [6.45, 7) is 0. The van der Waals surface area contributed by atoms with E-state index in [-0.39, 0.29) is 39.0 Å². The van der Waals surface area contributed by atoms with E-state index in [4.69, 9.17) is 11.6 Å². The van der Waals surface area contributed by atoms with Gasteiger partial charge in [0.1, 0.15) is 0 Å². The average Bonchev–Trinajstić information content (AvgIpc) is 3.03. The lowest BCUT2D eigenvalue weighted by atomic mass is 9.85. The van der Waals surface area contributed by atoms with Crippen LogP contribution in [-0.2, 0) is 19.9 Å². The van der Waals surface area contributed by atoms with E-state index in [0.29, 0.717) is 37.8 Å². The minimum atomic E-state index is -4.00. The number of sulfonamides is 1. The van der Waals surface area contributed by atoms with Crippen LogP contribution in [0.3, 0.4) is 0 Å². The number of fused-ring (bicyclic) bond motifs is 2. The van der Waals surface area contributed by atoms with Crippen LogP contribution in [0.2, 0.25) is 5.02 Å². The van der Waals surface area contributed by atoms with Gasteiger partial charge in [-0.1, -0.05) is 11.6 Å². The van der Waals surface area contributed by atoms with Crippen molar-refractivity contribution in [2.75, 3.05) is 11.6 Å². The Morgan fingerprint density at radius 3 is 2.09 bits per heavy atom. The zero-order chi connectivity index (χ0) is 25.7. The summed E-state index contributed by atoms with van der Waals surface area (Å²) in [7, 11) is -7.44. The van der Waals surface area contributed by atoms with Crippen LogP contribution in [0.1, 0.15) is 36.0 Å². The molecule has 35 heavy (non-hydrogen) atoms. The molecule has 0 saturated heterocycles. The highest BCUT2D eigenvalue weighted by Gasteiger charge is 2.50. The topological polar surface area (TPSA) is 109 Å². The number of amides is 1. The van der Waals surface area contributed by atoms with Gasteiger partial charge < -0.3 is 5.32 Å². The summed E-state index contributed by atoms with van der Waals surface area (Å²) >= 11 is 6.21. The number of rotatable bonds is 6. The SMILES string of the molecule is CS(=O)(=O)N[C@H]1CC2CC[C@@H](C1)[C@@H]2S(=O)(=O)c1cc(C(=O)Nc2cc(F)c(F)c(F)c2)ccc1Cl. The van der Waals surface area contributed by atoms with Crippen molar-refractivity contribution in [1.29, 1.82) is 0 Å². The van der Waals surface area contributed by atoms with E-state index >= 15 is 0 Å². The fraction of sp³-hybridized carbons (Fsp3) is 0.409. The average molecular weight is 551 g/mol. The van der Waals surface area contributed by atoms with Crippen molar-refractivity contribution in [3.05, 3.63) is 58.4 Å². The zero-order valence-corrected chi connectivity index (χ0v) is 20.8. The number of hydrogen-bond donors (Lipinski definition) is 2. The first kappa shape index (κ1) is 25.9. The van der Waals surface area contributed by atoms with Crippen molar-refractivity contribution < 1.29 is 34.8 Å². The van der Waals surface area contributed by atoms with Gasteiger partial charge in [0.15, 0.2) is 27.3 Å². The summed E-state index contributed by atoms with van der Waals surface area (Å²) in [6.07, 6.45) is 3.04. The van der Waals surface area contributed by atoms with Gasteiger partial charge in [-0.15, -0.1) is 0 Å². The highest BCUT2D eigenvalue weighted by molar-refractivity contribution is 7.92. The second-order valence-electron chi connectivity index (χ2n) is 9.02. The molecule has 1 amide bonds. The van der Waals surface area contributed by atoms with Gasteiger partial charge in [-0.3, -0.25) is 4.79 Å². The third-order valence-corrected chi connectivity index (χ3v) is 10.1. The molecule has 2 N–H and O–H groups in total. The Kier molecular flexibility index (Phi) is 6.95.